The Hall–Kier alpha value is -0.820. The zero-order valence-electron chi connectivity index (χ0n) is 12.1. The molecule has 1 nitrogen and oxygen atoms in total. The van der Waals surface area contributed by atoms with Gasteiger partial charge in [-0.1, -0.05) is 38.3 Å². The van der Waals surface area contributed by atoms with Gasteiger partial charge in [0.15, 0.2) is 0 Å². The van der Waals surface area contributed by atoms with Crippen molar-refractivity contribution in [3.05, 3.63) is 34.4 Å². The van der Waals surface area contributed by atoms with E-state index < -0.39 is 0 Å². The van der Waals surface area contributed by atoms with Crippen molar-refractivity contribution in [3.63, 3.8) is 0 Å². The lowest BCUT2D eigenvalue weighted by molar-refractivity contribution is 0.510. The van der Waals surface area contributed by atoms with E-state index in [0.29, 0.717) is 6.04 Å². The summed E-state index contributed by atoms with van der Waals surface area (Å²) in [6.07, 6.45) is 5.19. The van der Waals surface area contributed by atoms with Crippen LogP contribution in [0.5, 0.6) is 0 Å². The van der Waals surface area contributed by atoms with E-state index in [0.717, 1.165) is 0 Å². The lowest BCUT2D eigenvalue weighted by Crippen LogP contribution is -2.17. The van der Waals surface area contributed by atoms with Crippen LogP contribution < -0.4 is 5.32 Å². The van der Waals surface area contributed by atoms with Crippen molar-refractivity contribution in [2.75, 3.05) is 7.05 Å². The van der Waals surface area contributed by atoms with Gasteiger partial charge in [-0.25, -0.2) is 0 Å². The number of unbranched alkanes of at least 4 members (excludes halogenated alkanes) is 2. The molecule has 1 aromatic rings. The third kappa shape index (κ3) is 3.85. The van der Waals surface area contributed by atoms with Gasteiger partial charge in [0.25, 0.3) is 0 Å². The minimum atomic E-state index is 0.515. The van der Waals surface area contributed by atoms with E-state index in [1.165, 1.54) is 47.9 Å². The van der Waals surface area contributed by atoms with Crippen LogP contribution in [0.15, 0.2) is 12.1 Å². The van der Waals surface area contributed by atoms with Gasteiger partial charge in [-0.2, -0.15) is 0 Å². The third-order valence-electron chi connectivity index (χ3n) is 3.70. The quantitative estimate of drug-likeness (QED) is 0.716. The molecule has 1 unspecified atom stereocenters. The predicted molar refractivity (Wildman–Crippen MR) is 76.6 cm³/mol. The second kappa shape index (κ2) is 6.80. The standard InChI is InChI=1S/C16H27N/c1-6-7-8-9-16(17-5)15-11-13(3)12(2)10-14(15)4/h10-11,16-17H,6-9H2,1-5H3. The number of hydrogen-bond donors (Lipinski definition) is 1. The van der Waals surface area contributed by atoms with Gasteiger partial charge in [0.2, 0.25) is 0 Å². The van der Waals surface area contributed by atoms with Crippen molar-refractivity contribution in [2.24, 2.45) is 0 Å². The Morgan fingerprint density at radius 3 is 2.24 bits per heavy atom. The highest BCUT2D eigenvalue weighted by atomic mass is 14.9. The molecule has 0 bridgehead atoms. The van der Waals surface area contributed by atoms with Crippen molar-refractivity contribution in [1.82, 2.24) is 5.32 Å². The maximum absolute atomic E-state index is 3.46. The maximum Gasteiger partial charge on any atom is 0.0320 e. The summed E-state index contributed by atoms with van der Waals surface area (Å²) in [4.78, 5) is 0. The number of benzene rings is 1. The highest BCUT2D eigenvalue weighted by Crippen LogP contribution is 2.25. The molecule has 0 spiro atoms. The Morgan fingerprint density at radius 2 is 1.65 bits per heavy atom. The van der Waals surface area contributed by atoms with Gasteiger partial charge in [-0.3, -0.25) is 0 Å². The van der Waals surface area contributed by atoms with Crippen LogP contribution in [-0.2, 0) is 0 Å². The highest BCUT2D eigenvalue weighted by Gasteiger charge is 2.12. The van der Waals surface area contributed by atoms with E-state index in [1.807, 2.05) is 0 Å². The zero-order chi connectivity index (χ0) is 12.8. The largest absolute Gasteiger partial charge is 0.313 e. The first-order valence-electron chi connectivity index (χ1n) is 6.85. The molecule has 0 saturated heterocycles. The average Bonchev–Trinajstić information content (AvgIpc) is 2.30. The predicted octanol–water partition coefficient (Wildman–Crippen LogP) is 4.45. The van der Waals surface area contributed by atoms with E-state index in [1.54, 1.807) is 0 Å². The average molecular weight is 233 g/mol. The maximum atomic E-state index is 3.46. The number of nitrogens with one attached hydrogen (secondary N) is 1. The van der Waals surface area contributed by atoms with E-state index in [2.05, 4.69) is 52.2 Å². The lowest BCUT2D eigenvalue weighted by Gasteiger charge is -2.20. The fraction of sp³-hybridized carbons (Fsp3) is 0.625. The van der Waals surface area contributed by atoms with Crippen LogP contribution in [-0.4, -0.2) is 7.05 Å². The molecule has 0 saturated carbocycles. The zero-order valence-corrected chi connectivity index (χ0v) is 12.1. The monoisotopic (exact) mass is 233 g/mol. The molecule has 17 heavy (non-hydrogen) atoms. The molecule has 1 N–H and O–H groups in total. The second-order valence-corrected chi connectivity index (χ2v) is 5.13. The van der Waals surface area contributed by atoms with Gasteiger partial charge in [-0.15, -0.1) is 0 Å². The minimum Gasteiger partial charge on any atom is -0.313 e. The Labute approximate surface area is 107 Å². The second-order valence-electron chi connectivity index (χ2n) is 5.13. The summed E-state index contributed by atoms with van der Waals surface area (Å²) in [6, 6.07) is 5.19. The molecule has 96 valence electrons. The van der Waals surface area contributed by atoms with Crippen LogP contribution >= 0.6 is 0 Å². The minimum absolute atomic E-state index is 0.515. The Bertz CT molecular complexity index is 355. The Morgan fingerprint density at radius 1 is 1.00 bits per heavy atom. The Balaban J connectivity index is 2.84. The van der Waals surface area contributed by atoms with Gasteiger partial charge in [0.05, 0.1) is 0 Å². The summed E-state index contributed by atoms with van der Waals surface area (Å²) in [5, 5.41) is 3.46. The van der Waals surface area contributed by atoms with Crippen LogP contribution in [0.1, 0.15) is 60.9 Å². The molecule has 0 heterocycles. The van der Waals surface area contributed by atoms with Crippen molar-refractivity contribution in [1.29, 1.82) is 0 Å². The highest BCUT2D eigenvalue weighted by molar-refractivity contribution is 5.38. The van der Waals surface area contributed by atoms with Crippen LogP contribution in [0.25, 0.3) is 0 Å². The summed E-state index contributed by atoms with van der Waals surface area (Å²) < 4.78 is 0. The summed E-state index contributed by atoms with van der Waals surface area (Å²) in [5.41, 5.74) is 5.70. The lowest BCUT2D eigenvalue weighted by atomic mass is 9.93. The normalized spacial score (nSPS) is 12.8. The molecule has 1 aromatic carbocycles. The van der Waals surface area contributed by atoms with E-state index >= 15 is 0 Å². The van der Waals surface area contributed by atoms with E-state index in [9.17, 15) is 0 Å². The molecular formula is C16H27N. The van der Waals surface area contributed by atoms with Gasteiger partial charge in [0.1, 0.15) is 0 Å². The fourth-order valence-electron chi connectivity index (χ4n) is 2.41. The first kappa shape index (κ1) is 14.2. The number of rotatable bonds is 6. The van der Waals surface area contributed by atoms with Crippen molar-refractivity contribution < 1.29 is 0 Å². The number of aryl methyl sites for hydroxylation is 3. The van der Waals surface area contributed by atoms with Crippen LogP contribution in [0.2, 0.25) is 0 Å². The fourth-order valence-corrected chi connectivity index (χ4v) is 2.41. The van der Waals surface area contributed by atoms with Crippen molar-refractivity contribution in [3.8, 4) is 0 Å². The van der Waals surface area contributed by atoms with Crippen molar-refractivity contribution >= 4 is 0 Å². The summed E-state index contributed by atoms with van der Waals surface area (Å²) in [5.74, 6) is 0. The molecule has 1 heteroatoms. The van der Waals surface area contributed by atoms with E-state index in [-0.39, 0.29) is 0 Å². The number of hydrogen-bond acceptors (Lipinski definition) is 1. The molecule has 0 radical (unpaired) electrons. The summed E-state index contributed by atoms with van der Waals surface area (Å²) >= 11 is 0. The van der Waals surface area contributed by atoms with E-state index in [4.69, 9.17) is 0 Å². The smallest absolute Gasteiger partial charge is 0.0320 e. The summed E-state index contributed by atoms with van der Waals surface area (Å²) in [7, 11) is 2.07. The van der Waals surface area contributed by atoms with Gasteiger partial charge >= 0.3 is 0 Å². The molecule has 0 aromatic heterocycles. The first-order valence-corrected chi connectivity index (χ1v) is 6.85. The summed E-state index contributed by atoms with van der Waals surface area (Å²) in [6.45, 7) is 8.89. The molecule has 0 aliphatic carbocycles. The molecular weight excluding hydrogens is 206 g/mol. The van der Waals surface area contributed by atoms with Crippen LogP contribution in [0.4, 0.5) is 0 Å². The van der Waals surface area contributed by atoms with Gasteiger partial charge in [0, 0.05) is 6.04 Å². The SMILES string of the molecule is CCCCCC(NC)c1cc(C)c(C)cc1C. The molecule has 1 rings (SSSR count). The Kier molecular flexibility index (Phi) is 5.70. The molecule has 0 aliphatic heterocycles. The van der Waals surface area contributed by atoms with Gasteiger partial charge in [-0.05, 0) is 56.5 Å². The third-order valence-corrected chi connectivity index (χ3v) is 3.70. The van der Waals surface area contributed by atoms with Crippen LogP contribution in [0.3, 0.4) is 0 Å². The first-order chi connectivity index (χ1) is 8.10. The molecule has 1 atom stereocenters. The molecule has 0 amide bonds. The topological polar surface area (TPSA) is 12.0 Å². The van der Waals surface area contributed by atoms with Crippen molar-refractivity contribution in [2.45, 2.75) is 59.4 Å². The molecule has 0 fully saturated rings. The van der Waals surface area contributed by atoms with Gasteiger partial charge < -0.3 is 5.32 Å². The molecule has 0 aliphatic rings. The van der Waals surface area contributed by atoms with Crippen LogP contribution in [0, 0.1) is 20.8 Å².